The summed E-state index contributed by atoms with van der Waals surface area (Å²) < 4.78 is 16.5. The summed E-state index contributed by atoms with van der Waals surface area (Å²) in [6.45, 7) is 6.99. The van der Waals surface area contributed by atoms with E-state index in [1.54, 1.807) is 0 Å². The van der Waals surface area contributed by atoms with Gasteiger partial charge in [0.05, 0.1) is 19.3 Å². The Bertz CT molecular complexity index is 801. The molecule has 0 radical (unpaired) electrons. The standard InChI is InChI=1S/C24H31NO4/c1-17(2)20-6-3-18(4-7-20)12-25(21-8-9-21)13-22(26)15-27-14-19-5-10-23-24(11-19)29-16-28-23/h3-7,10-11,17,21-22,26H,8-9,12-16H2,1-2H3. The molecule has 29 heavy (non-hydrogen) atoms. The first-order valence-corrected chi connectivity index (χ1v) is 10.6. The van der Waals surface area contributed by atoms with Crippen LogP contribution in [0, 0.1) is 0 Å². The Morgan fingerprint density at radius 3 is 2.48 bits per heavy atom. The molecule has 5 nitrogen and oxygen atoms in total. The average Bonchev–Trinajstić information content (AvgIpc) is 3.45. The second-order valence-electron chi connectivity index (χ2n) is 8.41. The maximum absolute atomic E-state index is 10.5. The van der Waals surface area contributed by atoms with Crippen molar-refractivity contribution in [3.8, 4) is 11.5 Å². The van der Waals surface area contributed by atoms with Gasteiger partial charge in [-0.2, -0.15) is 0 Å². The molecule has 1 N–H and O–H groups in total. The van der Waals surface area contributed by atoms with E-state index < -0.39 is 6.10 Å². The molecule has 1 unspecified atom stereocenters. The van der Waals surface area contributed by atoms with Gasteiger partial charge >= 0.3 is 0 Å². The Hall–Kier alpha value is -2.08. The van der Waals surface area contributed by atoms with Crippen LogP contribution in [0.2, 0.25) is 0 Å². The molecule has 0 spiro atoms. The molecule has 1 fully saturated rings. The number of hydrogen-bond acceptors (Lipinski definition) is 5. The third-order valence-corrected chi connectivity index (χ3v) is 5.56. The first-order valence-electron chi connectivity index (χ1n) is 10.6. The van der Waals surface area contributed by atoms with Gasteiger partial charge in [0, 0.05) is 19.1 Å². The van der Waals surface area contributed by atoms with E-state index in [-0.39, 0.29) is 6.79 Å². The fourth-order valence-corrected chi connectivity index (χ4v) is 3.69. The smallest absolute Gasteiger partial charge is 0.231 e. The van der Waals surface area contributed by atoms with Crippen molar-refractivity contribution in [2.75, 3.05) is 19.9 Å². The van der Waals surface area contributed by atoms with Crippen LogP contribution in [0.3, 0.4) is 0 Å². The van der Waals surface area contributed by atoms with Crippen LogP contribution in [0.1, 0.15) is 49.3 Å². The molecule has 2 aromatic rings. The van der Waals surface area contributed by atoms with E-state index in [1.165, 1.54) is 24.0 Å². The van der Waals surface area contributed by atoms with Gasteiger partial charge in [-0.1, -0.05) is 44.2 Å². The Balaban J connectivity index is 1.25. The van der Waals surface area contributed by atoms with E-state index in [1.807, 2.05) is 18.2 Å². The van der Waals surface area contributed by atoms with Gasteiger partial charge in [-0.25, -0.2) is 0 Å². The van der Waals surface area contributed by atoms with E-state index in [2.05, 4.69) is 43.0 Å². The molecule has 2 aliphatic rings. The fraction of sp³-hybridized carbons (Fsp3) is 0.500. The molecule has 2 aromatic carbocycles. The number of aliphatic hydroxyl groups excluding tert-OH is 1. The monoisotopic (exact) mass is 397 g/mol. The molecule has 1 saturated carbocycles. The largest absolute Gasteiger partial charge is 0.454 e. The highest BCUT2D eigenvalue weighted by molar-refractivity contribution is 5.44. The molecule has 156 valence electrons. The average molecular weight is 398 g/mol. The van der Waals surface area contributed by atoms with Crippen molar-refractivity contribution < 1.29 is 19.3 Å². The summed E-state index contributed by atoms with van der Waals surface area (Å²) in [5.74, 6) is 2.08. The van der Waals surface area contributed by atoms with E-state index in [0.717, 1.165) is 23.6 Å². The van der Waals surface area contributed by atoms with Gasteiger partial charge < -0.3 is 19.3 Å². The quantitative estimate of drug-likeness (QED) is 0.655. The lowest BCUT2D eigenvalue weighted by Gasteiger charge is -2.25. The molecule has 1 heterocycles. The lowest BCUT2D eigenvalue weighted by atomic mass is 10.0. The van der Waals surface area contributed by atoms with Crippen LogP contribution in [0.25, 0.3) is 0 Å². The van der Waals surface area contributed by atoms with Crippen molar-refractivity contribution in [3.05, 3.63) is 59.2 Å². The Kier molecular flexibility index (Phi) is 6.38. The second-order valence-corrected chi connectivity index (χ2v) is 8.41. The third-order valence-electron chi connectivity index (χ3n) is 5.56. The number of rotatable bonds is 10. The molecule has 4 rings (SSSR count). The predicted octanol–water partition coefficient (Wildman–Crippen LogP) is 4.08. The molecule has 0 aromatic heterocycles. The van der Waals surface area contributed by atoms with Crippen LogP contribution in [0.5, 0.6) is 11.5 Å². The van der Waals surface area contributed by atoms with E-state index in [4.69, 9.17) is 14.2 Å². The summed E-state index contributed by atoms with van der Waals surface area (Å²) in [4.78, 5) is 2.39. The second kappa shape index (κ2) is 9.16. The summed E-state index contributed by atoms with van der Waals surface area (Å²) in [5, 5.41) is 10.5. The molecule has 0 amide bonds. The van der Waals surface area contributed by atoms with Crippen LogP contribution in [-0.4, -0.2) is 42.1 Å². The van der Waals surface area contributed by atoms with Gasteiger partial charge in [0.2, 0.25) is 6.79 Å². The maximum Gasteiger partial charge on any atom is 0.231 e. The summed E-state index contributed by atoms with van der Waals surface area (Å²) in [6, 6.07) is 15.3. The lowest BCUT2D eigenvalue weighted by molar-refractivity contribution is 0.00703. The molecule has 0 saturated heterocycles. The molecule has 0 bridgehead atoms. The van der Waals surface area contributed by atoms with E-state index >= 15 is 0 Å². The summed E-state index contributed by atoms with van der Waals surface area (Å²) >= 11 is 0. The molecule has 1 aliphatic heterocycles. The SMILES string of the molecule is CC(C)c1ccc(CN(CC(O)COCc2ccc3c(c2)OCO3)C2CC2)cc1. The molecule has 1 atom stereocenters. The summed E-state index contributed by atoms with van der Waals surface area (Å²) in [6.07, 6.45) is 1.93. The van der Waals surface area contributed by atoms with Crippen molar-refractivity contribution in [2.24, 2.45) is 0 Å². The van der Waals surface area contributed by atoms with Gasteiger partial charge in [-0.15, -0.1) is 0 Å². The maximum atomic E-state index is 10.5. The summed E-state index contributed by atoms with van der Waals surface area (Å²) in [5.41, 5.74) is 3.68. The zero-order valence-corrected chi connectivity index (χ0v) is 17.3. The highest BCUT2D eigenvalue weighted by Crippen LogP contribution is 2.32. The summed E-state index contributed by atoms with van der Waals surface area (Å²) in [7, 11) is 0. The van der Waals surface area contributed by atoms with Crippen molar-refractivity contribution in [3.63, 3.8) is 0 Å². The van der Waals surface area contributed by atoms with Gasteiger partial charge in [0.15, 0.2) is 11.5 Å². The highest BCUT2D eigenvalue weighted by Gasteiger charge is 2.30. The van der Waals surface area contributed by atoms with Gasteiger partial charge in [0.25, 0.3) is 0 Å². The fourth-order valence-electron chi connectivity index (χ4n) is 3.69. The minimum Gasteiger partial charge on any atom is -0.454 e. The number of ether oxygens (including phenoxy) is 3. The number of fused-ring (bicyclic) bond motifs is 1. The van der Waals surface area contributed by atoms with Crippen molar-refractivity contribution >= 4 is 0 Å². The molecule has 5 heteroatoms. The third kappa shape index (κ3) is 5.50. The minimum absolute atomic E-state index is 0.273. The lowest BCUT2D eigenvalue weighted by Crippen LogP contribution is -2.36. The van der Waals surface area contributed by atoms with Gasteiger partial charge in [0.1, 0.15) is 0 Å². The van der Waals surface area contributed by atoms with Crippen LogP contribution in [0.4, 0.5) is 0 Å². The van der Waals surface area contributed by atoms with Gasteiger partial charge in [-0.05, 0) is 47.6 Å². The van der Waals surface area contributed by atoms with Crippen LogP contribution in [0.15, 0.2) is 42.5 Å². The normalized spacial score (nSPS) is 16.6. The first kappa shape index (κ1) is 20.2. The number of hydrogen-bond donors (Lipinski definition) is 1. The zero-order chi connectivity index (χ0) is 20.2. The topological polar surface area (TPSA) is 51.2 Å². The Labute approximate surface area is 173 Å². The van der Waals surface area contributed by atoms with Crippen molar-refractivity contribution in [1.82, 2.24) is 4.90 Å². The van der Waals surface area contributed by atoms with E-state index in [0.29, 0.717) is 31.7 Å². The van der Waals surface area contributed by atoms with E-state index in [9.17, 15) is 5.11 Å². The molecule has 1 aliphatic carbocycles. The zero-order valence-electron chi connectivity index (χ0n) is 17.3. The van der Waals surface area contributed by atoms with Crippen LogP contribution < -0.4 is 9.47 Å². The first-order chi connectivity index (χ1) is 14.1. The predicted molar refractivity (Wildman–Crippen MR) is 112 cm³/mol. The van der Waals surface area contributed by atoms with Crippen molar-refractivity contribution in [1.29, 1.82) is 0 Å². The number of aliphatic hydroxyl groups is 1. The molecular formula is C24H31NO4. The van der Waals surface area contributed by atoms with Crippen molar-refractivity contribution in [2.45, 2.75) is 57.9 Å². The minimum atomic E-state index is -0.500. The Morgan fingerprint density at radius 1 is 1.03 bits per heavy atom. The van der Waals surface area contributed by atoms with Gasteiger partial charge in [-0.3, -0.25) is 4.90 Å². The molecular weight excluding hydrogens is 366 g/mol. The van der Waals surface area contributed by atoms with Crippen LogP contribution >= 0.6 is 0 Å². The van der Waals surface area contributed by atoms with Crippen LogP contribution in [-0.2, 0) is 17.9 Å². The number of nitrogens with zero attached hydrogens (tertiary/aromatic N) is 1. The highest BCUT2D eigenvalue weighted by atomic mass is 16.7. The number of benzene rings is 2. The Morgan fingerprint density at radius 2 is 1.76 bits per heavy atom.